The van der Waals surface area contributed by atoms with E-state index < -0.39 is 34.3 Å². The molecule has 0 fully saturated rings. The van der Waals surface area contributed by atoms with Crippen LogP contribution in [-0.2, 0) is 18.5 Å². The first-order valence-corrected chi connectivity index (χ1v) is 14.3. The SMILES string of the molecule is CCCCOc1c2n(ccc1=O)N(C13C(=Cc4c1ccc(F)c4F)Cc1ccccc13)CN(Cc1ccc(F)cc1)C2=O. The zero-order valence-corrected chi connectivity index (χ0v) is 23.4. The third-order valence-electron chi connectivity index (χ3n) is 8.60. The van der Waals surface area contributed by atoms with Crippen molar-refractivity contribution in [2.75, 3.05) is 18.3 Å². The molecule has 1 atom stereocenters. The number of ether oxygens (including phenoxy) is 1. The summed E-state index contributed by atoms with van der Waals surface area (Å²) in [6.45, 7) is 2.40. The summed E-state index contributed by atoms with van der Waals surface area (Å²) in [7, 11) is 0. The lowest BCUT2D eigenvalue weighted by atomic mass is 9.83. The van der Waals surface area contributed by atoms with Gasteiger partial charge in [0.05, 0.1) is 6.61 Å². The molecule has 0 saturated heterocycles. The van der Waals surface area contributed by atoms with Gasteiger partial charge in [-0.05, 0) is 64.9 Å². The summed E-state index contributed by atoms with van der Waals surface area (Å²) in [6, 6.07) is 17.8. The molecular formula is C34H28F3N3O3. The highest BCUT2D eigenvalue weighted by Gasteiger charge is 2.56. The van der Waals surface area contributed by atoms with Crippen LogP contribution in [0.25, 0.3) is 6.08 Å². The van der Waals surface area contributed by atoms with Gasteiger partial charge in [0.25, 0.3) is 5.91 Å². The molecule has 3 aliphatic rings. The number of aromatic nitrogens is 1. The van der Waals surface area contributed by atoms with E-state index >= 15 is 4.39 Å². The zero-order chi connectivity index (χ0) is 29.9. The predicted octanol–water partition coefficient (Wildman–Crippen LogP) is 5.89. The maximum Gasteiger partial charge on any atom is 0.278 e. The van der Waals surface area contributed by atoms with Crippen LogP contribution >= 0.6 is 0 Å². The van der Waals surface area contributed by atoms with E-state index in [0.29, 0.717) is 24.0 Å². The number of benzene rings is 3. The van der Waals surface area contributed by atoms with Gasteiger partial charge in [-0.25, -0.2) is 13.2 Å². The van der Waals surface area contributed by atoms with Crippen molar-refractivity contribution in [1.82, 2.24) is 9.58 Å². The zero-order valence-electron chi connectivity index (χ0n) is 23.4. The smallest absolute Gasteiger partial charge is 0.278 e. The molecule has 1 unspecified atom stereocenters. The Hall–Kier alpha value is -4.79. The number of carbonyl (C=O) groups is 1. The Morgan fingerprint density at radius 3 is 2.51 bits per heavy atom. The van der Waals surface area contributed by atoms with Crippen molar-refractivity contribution in [1.29, 1.82) is 0 Å². The minimum atomic E-state index is -1.10. The van der Waals surface area contributed by atoms with Crippen molar-refractivity contribution in [3.8, 4) is 5.75 Å². The van der Waals surface area contributed by atoms with Crippen LogP contribution in [0.4, 0.5) is 13.2 Å². The number of hydrogen-bond acceptors (Lipinski definition) is 4. The third kappa shape index (κ3) is 4.01. The van der Waals surface area contributed by atoms with Gasteiger partial charge >= 0.3 is 0 Å². The first kappa shape index (κ1) is 27.1. The van der Waals surface area contributed by atoms with Crippen LogP contribution in [0, 0.1) is 17.5 Å². The second-order valence-electron chi connectivity index (χ2n) is 11.1. The Kier molecular flexibility index (Phi) is 6.41. The van der Waals surface area contributed by atoms with Crippen LogP contribution in [0.2, 0.25) is 0 Å². The highest BCUT2D eigenvalue weighted by atomic mass is 19.2. The number of fused-ring (bicyclic) bond motifs is 6. The van der Waals surface area contributed by atoms with Crippen LogP contribution < -0.4 is 15.2 Å². The van der Waals surface area contributed by atoms with Crippen molar-refractivity contribution < 1.29 is 22.7 Å². The number of rotatable bonds is 7. The maximum atomic E-state index is 15.4. The van der Waals surface area contributed by atoms with Crippen molar-refractivity contribution in [3.05, 3.63) is 140 Å². The second-order valence-corrected chi connectivity index (χ2v) is 11.1. The molecule has 7 rings (SSSR count). The van der Waals surface area contributed by atoms with E-state index in [1.807, 2.05) is 36.2 Å². The third-order valence-corrected chi connectivity index (χ3v) is 8.60. The summed E-state index contributed by atoms with van der Waals surface area (Å²) in [5, 5.41) is 1.93. The minimum Gasteiger partial charge on any atom is -0.487 e. The van der Waals surface area contributed by atoms with Gasteiger partial charge in [-0.3, -0.25) is 19.3 Å². The second kappa shape index (κ2) is 10.2. The average Bonchev–Trinajstić information content (AvgIpc) is 3.50. The molecule has 0 spiro atoms. The Morgan fingerprint density at radius 1 is 0.930 bits per heavy atom. The lowest BCUT2D eigenvalue weighted by molar-refractivity contribution is 0.0650. The van der Waals surface area contributed by atoms with E-state index in [9.17, 15) is 18.4 Å². The summed E-state index contributed by atoms with van der Waals surface area (Å²) in [5.41, 5.74) is 2.62. The molecule has 0 bridgehead atoms. The fourth-order valence-corrected chi connectivity index (χ4v) is 6.66. The molecular weight excluding hydrogens is 555 g/mol. The van der Waals surface area contributed by atoms with Crippen molar-refractivity contribution in [2.24, 2.45) is 0 Å². The molecule has 4 aromatic rings. The van der Waals surface area contributed by atoms with Crippen LogP contribution in [0.3, 0.4) is 0 Å². The standard InChI is InChI=1S/C34H28F3N3O3/c1-2-3-16-43-32-29(41)14-15-39-31(32)33(42)38(19-21-8-10-24(35)11-9-21)20-40(39)34-23(17-22-6-4-5-7-26(22)34)18-25-27(34)12-13-28(36)30(25)37/h4-15,18H,2-3,16-17,19-20H2,1H3. The van der Waals surface area contributed by atoms with Gasteiger partial charge in [-0.15, -0.1) is 0 Å². The fourth-order valence-electron chi connectivity index (χ4n) is 6.66. The van der Waals surface area contributed by atoms with Gasteiger partial charge in [0, 0.05) is 24.4 Å². The number of unbranched alkanes of at least 4 members (excludes halogenated alkanes) is 1. The Bertz CT molecular complexity index is 1870. The van der Waals surface area contributed by atoms with E-state index in [-0.39, 0.29) is 36.8 Å². The number of pyridine rings is 1. The van der Waals surface area contributed by atoms with E-state index in [4.69, 9.17) is 4.74 Å². The van der Waals surface area contributed by atoms with Crippen molar-refractivity contribution >= 4 is 12.0 Å². The first-order chi connectivity index (χ1) is 20.8. The molecule has 218 valence electrons. The first-order valence-electron chi connectivity index (χ1n) is 14.3. The van der Waals surface area contributed by atoms with Gasteiger partial charge in [0.15, 0.2) is 23.1 Å². The van der Waals surface area contributed by atoms with Crippen LogP contribution in [0.15, 0.2) is 83.3 Å². The molecule has 6 nitrogen and oxygen atoms in total. The quantitative estimate of drug-likeness (QED) is 0.255. The lowest BCUT2D eigenvalue weighted by Crippen LogP contribution is -2.62. The Labute approximate surface area is 246 Å². The topological polar surface area (TPSA) is 54.8 Å². The molecule has 1 aliphatic heterocycles. The summed E-state index contributed by atoms with van der Waals surface area (Å²) in [4.78, 5) is 29.0. The maximum absolute atomic E-state index is 15.4. The Morgan fingerprint density at radius 2 is 1.72 bits per heavy atom. The number of halogens is 3. The van der Waals surface area contributed by atoms with E-state index in [0.717, 1.165) is 29.2 Å². The Balaban J connectivity index is 1.48. The van der Waals surface area contributed by atoms with Gasteiger partial charge in [0.1, 0.15) is 18.0 Å². The molecule has 9 heteroatoms. The predicted molar refractivity (Wildman–Crippen MR) is 156 cm³/mol. The molecule has 1 amide bonds. The molecule has 2 aliphatic carbocycles. The van der Waals surface area contributed by atoms with Crippen LogP contribution in [0.5, 0.6) is 5.75 Å². The molecule has 0 N–H and O–H groups in total. The van der Waals surface area contributed by atoms with E-state index in [1.54, 1.807) is 40.0 Å². The number of hydrogen-bond donors (Lipinski definition) is 0. The molecule has 1 aromatic heterocycles. The van der Waals surface area contributed by atoms with Crippen molar-refractivity contribution in [3.63, 3.8) is 0 Å². The summed E-state index contributed by atoms with van der Waals surface area (Å²) in [6.07, 6.45) is 5.26. The fraction of sp³-hybridized carbons (Fsp3) is 0.235. The monoisotopic (exact) mass is 583 g/mol. The largest absolute Gasteiger partial charge is 0.487 e. The summed E-state index contributed by atoms with van der Waals surface area (Å²) < 4.78 is 51.2. The van der Waals surface area contributed by atoms with Gasteiger partial charge in [0.2, 0.25) is 5.43 Å². The highest BCUT2D eigenvalue weighted by molar-refractivity contribution is 5.96. The number of amides is 1. The van der Waals surface area contributed by atoms with E-state index in [1.165, 1.54) is 18.2 Å². The van der Waals surface area contributed by atoms with Gasteiger partial charge in [-0.2, -0.15) is 0 Å². The normalized spacial score (nSPS) is 18.2. The van der Waals surface area contributed by atoms with Gasteiger partial charge < -0.3 is 9.64 Å². The molecule has 3 aromatic carbocycles. The molecule has 0 saturated carbocycles. The summed E-state index contributed by atoms with van der Waals surface area (Å²) >= 11 is 0. The lowest BCUT2D eigenvalue weighted by Gasteiger charge is -2.49. The molecule has 0 radical (unpaired) electrons. The molecule has 43 heavy (non-hydrogen) atoms. The summed E-state index contributed by atoms with van der Waals surface area (Å²) in [5.74, 6) is -2.77. The van der Waals surface area contributed by atoms with Crippen LogP contribution in [0.1, 0.15) is 58.1 Å². The van der Waals surface area contributed by atoms with E-state index in [2.05, 4.69) is 0 Å². The van der Waals surface area contributed by atoms with Crippen molar-refractivity contribution in [2.45, 2.75) is 38.3 Å². The minimum absolute atomic E-state index is 0.0323. The number of carbonyl (C=O) groups excluding carboxylic acids is 1. The highest BCUT2D eigenvalue weighted by Crippen LogP contribution is 2.56. The average molecular weight is 584 g/mol. The molecule has 2 heterocycles. The van der Waals surface area contributed by atoms with Crippen LogP contribution in [-0.4, -0.2) is 28.8 Å². The van der Waals surface area contributed by atoms with Gasteiger partial charge in [-0.1, -0.05) is 55.8 Å². The number of nitrogens with zero attached hydrogens (tertiary/aromatic N) is 3.